The largest absolute Gasteiger partial charge is 0.478 e. The number of nitrogens with zero attached hydrogens (tertiary/aromatic N) is 1. The summed E-state index contributed by atoms with van der Waals surface area (Å²) in [6.45, 7) is 4.11. The summed E-state index contributed by atoms with van der Waals surface area (Å²) in [6, 6.07) is 2.87. The topological polar surface area (TPSA) is 74.7 Å². The van der Waals surface area contributed by atoms with Crippen molar-refractivity contribution in [2.75, 3.05) is 13.1 Å². The Morgan fingerprint density at radius 2 is 1.90 bits per heavy atom. The maximum absolute atomic E-state index is 12.6. The average Bonchev–Trinajstić information content (AvgIpc) is 2.39. The molecule has 0 amide bonds. The number of hydrogen-bond acceptors (Lipinski definition) is 3. The summed E-state index contributed by atoms with van der Waals surface area (Å²) >= 11 is 0. The molecule has 2 rings (SSSR count). The summed E-state index contributed by atoms with van der Waals surface area (Å²) < 4.78 is 26.6. The maximum atomic E-state index is 12.6. The summed E-state index contributed by atoms with van der Waals surface area (Å²) in [6.07, 6.45) is 4.43. The van der Waals surface area contributed by atoms with Gasteiger partial charge in [0, 0.05) is 13.1 Å². The monoisotopic (exact) mass is 295 g/mol. The molecule has 1 N–H and O–H groups in total. The molecule has 6 heteroatoms. The maximum Gasteiger partial charge on any atom is 0.335 e. The molecule has 0 aromatic heterocycles. The number of carboxylic acids is 1. The molecule has 108 valence electrons. The van der Waals surface area contributed by atoms with Gasteiger partial charge in [-0.2, -0.15) is 4.31 Å². The fourth-order valence-electron chi connectivity index (χ4n) is 2.32. The van der Waals surface area contributed by atoms with E-state index in [2.05, 4.69) is 0 Å². The number of benzene rings is 1. The molecule has 1 aromatic carbocycles. The number of carbonyl (C=O) groups is 1. The van der Waals surface area contributed by atoms with Crippen LogP contribution in [0.5, 0.6) is 0 Å². The van der Waals surface area contributed by atoms with E-state index in [1.165, 1.54) is 10.4 Å². The van der Waals surface area contributed by atoms with E-state index in [-0.39, 0.29) is 10.5 Å². The second-order valence-corrected chi connectivity index (χ2v) is 6.77. The lowest BCUT2D eigenvalue weighted by Gasteiger charge is -2.24. The molecule has 0 aliphatic carbocycles. The fraction of sp³-hybridized carbons (Fsp3) is 0.357. The van der Waals surface area contributed by atoms with Crippen LogP contribution in [0.25, 0.3) is 0 Å². The minimum Gasteiger partial charge on any atom is -0.478 e. The first-order valence-electron chi connectivity index (χ1n) is 6.33. The minimum atomic E-state index is -3.65. The Morgan fingerprint density at radius 1 is 1.20 bits per heavy atom. The number of sulfonamides is 1. The molecule has 1 heterocycles. The van der Waals surface area contributed by atoms with E-state index >= 15 is 0 Å². The van der Waals surface area contributed by atoms with Crippen molar-refractivity contribution >= 4 is 16.0 Å². The van der Waals surface area contributed by atoms with Gasteiger partial charge in [-0.3, -0.25) is 0 Å². The number of aromatic carboxylic acids is 1. The summed E-state index contributed by atoms with van der Waals surface area (Å²) in [4.78, 5) is 11.2. The third kappa shape index (κ3) is 2.62. The standard InChI is InChI=1S/C14H17NO4S/c1-10-8-11(2)13(9-12(10)14(16)17)20(18,19)15-6-4-3-5-7-15/h3-4,8-9H,5-7H2,1-2H3,(H,16,17). The Hall–Kier alpha value is -1.66. The van der Waals surface area contributed by atoms with Gasteiger partial charge in [0.1, 0.15) is 0 Å². The van der Waals surface area contributed by atoms with Gasteiger partial charge < -0.3 is 5.11 Å². The molecule has 0 atom stereocenters. The third-order valence-corrected chi connectivity index (χ3v) is 5.40. The molecular formula is C14H17NO4S. The second kappa shape index (κ2) is 5.38. The predicted octanol–water partition coefficient (Wildman–Crippen LogP) is 1.95. The molecule has 1 aliphatic rings. The van der Waals surface area contributed by atoms with Gasteiger partial charge in [0.25, 0.3) is 0 Å². The van der Waals surface area contributed by atoms with E-state index in [1.807, 2.05) is 12.2 Å². The van der Waals surface area contributed by atoms with Crippen LogP contribution in [0.4, 0.5) is 0 Å². The third-order valence-electron chi connectivity index (χ3n) is 3.39. The zero-order valence-corrected chi connectivity index (χ0v) is 12.3. The number of hydrogen-bond donors (Lipinski definition) is 1. The average molecular weight is 295 g/mol. The van der Waals surface area contributed by atoms with Crippen LogP contribution in [0.3, 0.4) is 0 Å². The van der Waals surface area contributed by atoms with Gasteiger partial charge in [-0.05, 0) is 37.5 Å². The van der Waals surface area contributed by atoms with Crippen LogP contribution < -0.4 is 0 Å². The van der Waals surface area contributed by atoms with Gasteiger partial charge in [0.2, 0.25) is 10.0 Å². The van der Waals surface area contributed by atoms with Gasteiger partial charge in [-0.15, -0.1) is 0 Å². The summed E-state index contributed by atoms with van der Waals surface area (Å²) in [5.74, 6) is -1.11. The Balaban J connectivity index is 2.54. The molecule has 0 bridgehead atoms. The Morgan fingerprint density at radius 3 is 2.45 bits per heavy atom. The molecule has 20 heavy (non-hydrogen) atoms. The van der Waals surface area contributed by atoms with Crippen molar-refractivity contribution in [3.05, 3.63) is 41.0 Å². The highest BCUT2D eigenvalue weighted by molar-refractivity contribution is 7.89. The zero-order valence-electron chi connectivity index (χ0n) is 11.5. The van der Waals surface area contributed by atoms with E-state index in [4.69, 9.17) is 5.11 Å². The number of aryl methyl sites for hydroxylation is 2. The van der Waals surface area contributed by atoms with E-state index < -0.39 is 16.0 Å². The summed E-state index contributed by atoms with van der Waals surface area (Å²) in [5, 5.41) is 9.14. The lowest BCUT2D eigenvalue weighted by Crippen LogP contribution is -2.34. The highest BCUT2D eigenvalue weighted by Crippen LogP contribution is 2.25. The van der Waals surface area contributed by atoms with Crippen molar-refractivity contribution in [2.45, 2.75) is 25.2 Å². The molecule has 0 fully saturated rings. The first-order chi connectivity index (χ1) is 9.34. The van der Waals surface area contributed by atoms with Crippen LogP contribution in [-0.4, -0.2) is 36.9 Å². The quantitative estimate of drug-likeness (QED) is 0.865. The highest BCUT2D eigenvalue weighted by Gasteiger charge is 2.27. The second-order valence-electron chi connectivity index (χ2n) is 4.86. The van der Waals surface area contributed by atoms with Crippen LogP contribution in [0.2, 0.25) is 0 Å². The van der Waals surface area contributed by atoms with Gasteiger partial charge >= 0.3 is 5.97 Å². The van der Waals surface area contributed by atoms with Crippen molar-refractivity contribution in [1.82, 2.24) is 4.31 Å². The predicted molar refractivity (Wildman–Crippen MR) is 75.4 cm³/mol. The molecule has 0 saturated carbocycles. The molecule has 1 aromatic rings. The smallest absolute Gasteiger partial charge is 0.335 e. The van der Waals surface area contributed by atoms with Gasteiger partial charge in [0.05, 0.1) is 10.5 Å². The first kappa shape index (κ1) is 14.7. The minimum absolute atomic E-state index is 0.0294. The zero-order chi connectivity index (χ0) is 14.9. The summed E-state index contributed by atoms with van der Waals surface area (Å²) in [7, 11) is -3.65. The van der Waals surface area contributed by atoms with Crippen molar-refractivity contribution < 1.29 is 18.3 Å². The van der Waals surface area contributed by atoms with E-state index in [9.17, 15) is 13.2 Å². The Kier molecular flexibility index (Phi) is 3.96. The van der Waals surface area contributed by atoms with Crippen LogP contribution in [0.15, 0.2) is 29.2 Å². The van der Waals surface area contributed by atoms with E-state index in [1.54, 1.807) is 19.9 Å². The highest BCUT2D eigenvalue weighted by atomic mass is 32.2. The molecule has 0 saturated heterocycles. The SMILES string of the molecule is Cc1cc(C)c(S(=O)(=O)N2CC=CCC2)cc1C(=O)O. The molecule has 0 unspecified atom stereocenters. The number of rotatable bonds is 3. The van der Waals surface area contributed by atoms with Crippen LogP contribution in [0.1, 0.15) is 27.9 Å². The first-order valence-corrected chi connectivity index (χ1v) is 7.77. The number of carboxylic acid groups (broad SMARTS) is 1. The normalized spacial score (nSPS) is 16.3. The van der Waals surface area contributed by atoms with Crippen molar-refractivity contribution in [1.29, 1.82) is 0 Å². The van der Waals surface area contributed by atoms with Crippen LogP contribution in [0, 0.1) is 13.8 Å². The van der Waals surface area contributed by atoms with Gasteiger partial charge in [-0.25, -0.2) is 13.2 Å². The van der Waals surface area contributed by atoms with Crippen molar-refractivity contribution in [3.8, 4) is 0 Å². The fourth-order valence-corrected chi connectivity index (χ4v) is 3.96. The molecular weight excluding hydrogens is 278 g/mol. The lowest BCUT2D eigenvalue weighted by molar-refractivity contribution is 0.0696. The van der Waals surface area contributed by atoms with Crippen LogP contribution in [-0.2, 0) is 10.0 Å². The van der Waals surface area contributed by atoms with Gasteiger partial charge in [0.15, 0.2) is 0 Å². The van der Waals surface area contributed by atoms with E-state index in [0.29, 0.717) is 30.6 Å². The Bertz CT molecular complexity index is 677. The van der Waals surface area contributed by atoms with Crippen molar-refractivity contribution in [3.63, 3.8) is 0 Å². The lowest BCUT2D eigenvalue weighted by atomic mass is 10.1. The van der Waals surface area contributed by atoms with E-state index in [0.717, 1.165) is 0 Å². The summed E-state index contributed by atoms with van der Waals surface area (Å²) in [5.41, 5.74) is 1.16. The molecule has 1 aliphatic heterocycles. The molecule has 0 radical (unpaired) electrons. The van der Waals surface area contributed by atoms with Gasteiger partial charge in [-0.1, -0.05) is 18.2 Å². The van der Waals surface area contributed by atoms with Crippen LogP contribution >= 0.6 is 0 Å². The Labute approximate surface area is 118 Å². The molecule has 0 spiro atoms. The van der Waals surface area contributed by atoms with Crippen molar-refractivity contribution in [2.24, 2.45) is 0 Å². The molecule has 5 nitrogen and oxygen atoms in total.